The van der Waals surface area contributed by atoms with Crippen LogP contribution >= 0.6 is 0 Å². The maximum Gasteiger partial charge on any atom is 0.0991 e. The average Bonchev–Trinajstić information content (AvgIpc) is 2.29. The van der Waals surface area contributed by atoms with E-state index < -0.39 is 5.41 Å². The highest BCUT2D eigenvalue weighted by Gasteiger charge is 2.25. The van der Waals surface area contributed by atoms with E-state index in [-0.39, 0.29) is 6.61 Å². The molecule has 0 aromatic heterocycles. The van der Waals surface area contributed by atoms with Gasteiger partial charge in [0, 0.05) is 6.61 Å². The standard InChI is InChI=1S/C12H12N2O/c1-12(9-14,6-7-15)11-4-2-10(8-13)3-5-11/h2-5,15H,6-7H2,1H3. The van der Waals surface area contributed by atoms with Crippen LogP contribution in [0, 0.1) is 22.7 Å². The second-order valence-electron chi connectivity index (χ2n) is 3.61. The molecule has 15 heavy (non-hydrogen) atoms. The lowest BCUT2D eigenvalue weighted by molar-refractivity contribution is 0.264. The molecule has 0 saturated heterocycles. The van der Waals surface area contributed by atoms with Crippen molar-refractivity contribution in [2.24, 2.45) is 0 Å². The number of aliphatic hydroxyl groups is 1. The molecule has 0 bridgehead atoms. The van der Waals surface area contributed by atoms with Crippen LogP contribution in [0.2, 0.25) is 0 Å². The fraction of sp³-hybridized carbons (Fsp3) is 0.333. The highest BCUT2D eigenvalue weighted by atomic mass is 16.3. The second kappa shape index (κ2) is 4.59. The molecule has 1 unspecified atom stereocenters. The number of nitrogens with zero attached hydrogens (tertiary/aromatic N) is 2. The van der Waals surface area contributed by atoms with Gasteiger partial charge in [0.05, 0.1) is 23.1 Å². The lowest BCUT2D eigenvalue weighted by atomic mass is 9.81. The van der Waals surface area contributed by atoms with Gasteiger partial charge < -0.3 is 5.11 Å². The van der Waals surface area contributed by atoms with Gasteiger partial charge in [0.25, 0.3) is 0 Å². The van der Waals surface area contributed by atoms with Crippen LogP contribution in [0.5, 0.6) is 0 Å². The molecule has 1 aromatic carbocycles. The molecule has 0 saturated carbocycles. The first-order valence-electron chi connectivity index (χ1n) is 4.69. The van der Waals surface area contributed by atoms with E-state index in [9.17, 15) is 0 Å². The Morgan fingerprint density at radius 2 is 1.87 bits per heavy atom. The van der Waals surface area contributed by atoms with Crippen LogP contribution < -0.4 is 0 Å². The van der Waals surface area contributed by atoms with E-state index in [4.69, 9.17) is 15.6 Å². The van der Waals surface area contributed by atoms with E-state index in [1.165, 1.54) is 0 Å². The van der Waals surface area contributed by atoms with Crippen molar-refractivity contribution in [3.05, 3.63) is 35.4 Å². The fourth-order valence-electron chi connectivity index (χ4n) is 1.40. The second-order valence-corrected chi connectivity index (χ2v) is 3.61. The molecule has 0 aliphatic rings. The molecule has 1 rings (SSSR count). The summed E-state index contributed by atoms with van der Waals surface area (Å²) in [6.45, 7) is 1.76. The molecule has 0 aliphatic heterocycles. The van der Waals surface area contributed by atoms with Gasteiger partial charge in [-0.3, -0.25) is 0 Å². The minimum Gasteiger partial charge on any atom is -0.396 e. The Morgan fingerprint density at radius 3 is 2.27 bits per heavy atom. The molecule has 0 aliphatic carbocycles. The van der Waals surface area contributed by atoms with Gasteiger partial charge in [-0.15, -0.1) is 0 Å². The average molecular weight is 200 g/mol. The van der Waals surface area contributed by atoms with Crippen LogP contribution in [-0.2, 0) is 5.41 Å². The number of hydrogen-bond acceptors (Lipinski definition) is 3. The van der Waals surface area contributed by atoms with Crippen LogP contribution in [-0.4, -0.2) is 11.7 Å². The minimum atomic E-state index is -0.678. The molecule has 3 heteroatoms. The first kappa shape index (κ1) is 11.2. The zero-order chi connectivity index (χ0) is 11.3. The number of benzene rings is 1. The Labute approximate surface area is 89.2 Å². The van der Waals surface area contributed by atoms with E-state index in [0.717, 1.165) is 5.56 Å². The summed E-state index contributed by atoms with van der Waals surface area (Å²) in [5.74, 6) is 0. The van der Waals surface area contributed by atoms with Crippen molar-refractivity contribution >= 4 is 0 Å². The van der Waals surface area contributed by atoms with E-state index in [1.807, 2.05) is 6.07 Å². The summed E-state index contributed by atoms with van der Waals surface area (Å²) in [6.07, 6.45) is 0.398. The summed E-state index contributed by atoms with van der Waals surface area (Å²) in [5.41, 5.74) is 0.726. The lowest BCUT2D eigenvalue weighted by Crippen LogP contribution is -2.21. The van der Waals surface area contributed by atoms with Gasteiger partial charge in [-0.25, -0.2) is 0 Å². The summed E-state index contributed by atoms with van der Waals surface area (Å²) >= 11 is 0. The third-order valence-corrected chi connectivity index (χ3v) is 2.51. The summed E-state index contributed by atoms with van der Waals surface area (Å²) in [7, 11) is 0. The Kier molecular flexibility index (Phi) is 3.44. The minimum absolute atomic E-state index is 0.0237. The van der Waals surface area contributed by atoms with E-state index >= 15 is 0 Å². The summed E-state index contributed by atoms with van der Waals surface area (Å²) in [6, 6.07) is 11.1. The summed E-state index contributed by atoms with van der Waals surface area (Å²) in [4.78, 5) is 0. The Bertz CT molecular complexity index is 411. The largest absolute Gasteiger partial charge is 0.396 e. The number of nitriles is 2. The van der Waals surface area contributed by atoms with Gasteiger partial charge >= 0.3 is 0 Å². The lowest BCUT2D eigenvalue weighted by Gasteiger charge is -2.20. The molecule has 1 aromatic rings. The number of hydrogen-bond donors (Lipinski definition) is 1. The molecular formula is C12H12N2O. The van der Waals surface area contributed by atoms with Crippen molar-refractivity contribution in [3.8, 4) is 12.1 Å². The molecule has 0 fully saturated rings. The smallest absolute Gasteiger partial charge is 0.0991 e. The zero-order valence-corrected chi connectivity index (χ0v) is 8.57. The molecule has 0 amide bonds. The first-order chi connectivity index (χ1) is 7.16. The SMILES string of the molecule is CC(C#N)(CCO)c1ccc(C#N)cc1. The van der Waals surface area contributed by atoms with E-state index in [2.05, 4.69) is 6.07 Å². The van der Waals surface area contributed by atoms with Crippen molar-refractivity contribution in [2.75, 3.05) is 6.61 Å². The van der Waals surface area contributed by atoms with Crippen molar-refractivity contribution in [1.29, 1.82) is 10.5 Å². The molecule has 0 spiro atoms. The van der Waals surface area contributed by atoms with Gasteiger partial charge in [-0.2, -0.15) is 10.5 Å². The van der Waals surface area contributed by atoms with Crippen LogP contribution in [0.4, 0.5) is 0 Å². The van der Waals surface area contributed by atoms with Gasteiger partial charge in [0.1, 0.15) is 0 Å². The molecule has 3 nitrogen and oxygen atoms in total. The van der Waals surface area contributed by atoms with E-state index in [1.54, 1.807) is 31.2 Å². The predicted octanol–water partition coefficient (Wildman–Crippen LogP) is 1.72. The fourth-order valence-corrected chi connectivity index (χ4v) is 1.40. The van der Waals surface area contributed by atoms with Gasteiger partial charge in [-0.1, -0.05) is 12.1 Å². The van der Waals surface area contributed by atoms with Crippen molar-refractivity contribution in [3.63, 3.8) is 0 Å². The monoisotopic (exact) mass is 200 g/mol. The van der Waals surface area contributed by atoms with Gasteiger partial charge in [-0.05, 0) is 31.0 Å². The van der Waals surface area contributed by atoms with Gasteiger partial charge in [0.15, 0.2) is 0 Å². The third kappa shape index (κ3) is 2.34. The molecule has 0 heterocycles. The Balaban J connectivity index is 3.05. The van der Waals surface area contributed by atoms with Crippen molar-refractivity contribution < 1.29 is 5.11 Å². The molecule has 1 atom stereocenters. The van der Waals surface area contributed by atoms with Crippen molar-refractivity contribution in [2.45, 2.75) is 18.8 Å². The molecule has 76 valence electrons. The Hall–Kier alpha value is -1.84. The quantitative estimate of drug-likeness (QED) is 0.807. The number of aliphatic hydroxyl groups excluding tert-OH is 1. The van der Waals surface area contributed by atoms with E-state index in [0.29, 0.717) is 12.0 Å². The van der Waals surface area contributed by atoms with Crippen LogP contribution in [0.15, 0.2) is 24.3 Å². The normalized spacial score (nSPS) is 13.6. The Morgan fingerprint density at radius 1 is 1.27 bits per heavy atom. The summed E-state index contributed by atoms with van der Waals surface area (Å²) < 4.78 is 0. The number of rotatable bonds is 3. The molecule has 1 N–H and O–H groups in total. The van der Waals surface area contributed by atoms with Crippen LogP contribution in [0.3, 0.4) is 0 Å². The maximum absolute atomic E-state index is 9.07. The van der Waals surface area contributed by atoms with Crippen LogP contribution in [0.25, 0.3) is 0 Å². The van der Waals surface area contributed by atoms with Crippen molar-refractivity contribution in [1.82, 2.24) is 0 Å². The van der Waals surface area contributed by atoms with Crippen LogP contribution in [0.1, 0.15) is 24.5 Å². The highest BCUT2D eigenvalue weighted by molar-refractivity contribution is 5.37. The molecular weight excluding hydrogens is 188 g/mol. The topological polar surface area (TPSA) is 67.8 Å². The molecule has 0 radical (unpaired) electrons. The maximum atomic E-state index is 9.07. The van der Waals surface area contributed by atoms with Gasteiger partial charge in [0.2, 0.25) is 0 Å². The zero-order valence-electron chi connectivity index (χ0n) is 8.57. The highest BCUT2D eigenvalue weighted by Crippen LogP contribution is 2.26. The first-order valence-corrected chi connectivity index (χ1v) is 4.69. The third-order valence-electron chi connectivity index (χ3n) is 2.51. The summed E-state index contributed by atoms with van der Waals surface area (Å²) in [5, 5.41) is 26.6. The predicted molar refractivity (Wildman–Crippen MR) is 55.8 cm³/mol.